The number of aromatic nitrogens is 1. The number of rotatable bonds is 8. The van der Waals surface area contributed by atoms with Gasteiger partial charge in [-0.3, -0.25) is 10.4 Å². The number of halogens is 1. The van der Waals surface area contributed by atoms with Gasteiger partial charge in [0.1, 0.15) is 6.61 Å². The molecule has 0 saturated heterocycles. The van der Waals surface area contributed by atoms with Gasteiger partial charge < -0.3 is 14.8 Å². The van der Waals surface area contributed by atoms with Crippen molar-refractivity contribution in [3.8, 4) is 11.5 Å². The van der Waals surface area contributed by atoms with Crippen molar-refractivity contribution in [2.24, 2.45) is 5.10 Å². The first-order valence-electron chi connectivity index (χ1n) is 7.71. The molecule has 0 unspecified atom stereocenters. The SMILES string of the molecule is C=CCNC(=S)N/N=C/c1cc(Br)c(OCc2ccncc2)c(OC)c1. The van der Waals surface area contributed by atoms with Crippen molar-refractivity contribution in [1.29, 1.82) is 0 Å². The molecule has 6 nitrogen and oxygen atoms in total. The lowest BCUT2D eigenvalue weighted by Crippen LogP contribution is -2.31. The molecule has 2 N–H and O–H groups in total. The molecule has 26 heavy (non-hydrogen) atoms. The highest BCUT2D eigenvalue weighted by Gasteiger charge is 2.11. The van der Waals surface area contributed by atoms with Crippen molar-refractivity contribution in [2.45, 2.75) is 6.61 Å². The molecule has 8 heteroatoms. The predicted molar refractivity (Wildman–Crippen MR) is 111 cm³/mol. The van der Waals surface area contributed by atoms with E-state index >= 15 is 0 Å². The van der Waals surface area contributed by atoms with Crippen LogP contribution in [0.2, 0.25) is 0 Å². The number of hydrogen-bond acceptors (Lipinski definition) is 5. The van der Waals surface area contributed by atoms with Crippen LogP contribution in [-0.4, -0.2) is 30.0 Å². The minimum Gasteiger partial charge on any atom is -0.493 e. The molecule has 2 aromatic rings. The second kappa shape index (κ2) is 10.5. The Balaban J connectivity index is 2.05. The minimum absolute atomic E-state index is 0.412. The molecule has 0 bridgehead atoms. The molecule has 0 spiro atoms. The normalized spacial score (nSPS) is 10.4. The van der Waals surface area contributed by atoms with E-state index in [9.17, 15) is 0 Å². The van der Waals surface area contributed by atoms with E-state index in [2.05, 4.69) is 43.3 Å². The second-order valence-corrected chi connectivity index (χ2v) is 6.31. The number of thiocarbonyl (C=S) groups is 1. The third-order valence-corrected chi connectivity index (χ3v) is 4.00. The van der Waals surface area contributed by atoms with Crippen LogP contribution in [0.4, 0.5) is 0 Å². The van der Waals surface area contributed by atoms with Gasteiger partial charge >= 0.3 is 0 Å². The number of pyridine rings is 1. The number of ether oxygens (including phenoxy) is 2. The van der Waals surface area contributed by atoms with Crippen molar-refractivity contribution in [3.05, 3.63) is 64.9 Å². The monoisotopic (exact) mass is 434 g/mol. The topological polar surface area (TPSA) is 67.8 Å². The van der Waals surface area contributed by atoms with Crippen LogP contribution in [0.15, 0.2) is 58.9 Å². The lowest BCUT2D eigenvalue weighted by atomic mass is 10.2. The van der Waals surface area contributed by atoms with E-state index in [1.807, 2.05) is 24.3 Å². The number of nitrogens with one attached hydrogen (secondary N) is 2. The molecule has 1 aromatic heterocycles. The van der Waals surface area contributed by atoms with E-state index < -0.39 is 0 Å². The standard InChI is InChI=1S/C18H19BrN4O2S/c1-3-6-21-18(26)23-22-11-14-9-15(19)17(16(10-14)24-2)25-12-13-4-7-20-8-5-13/h3-5,7-11H,1,6,12H2,2H3,(H2,21,23,26)/b22-11+. The van der Waals surface area contributed by atoms with Crippen LogP contribution < -0.4 is 20.2 Å². The van der Waals surface area contributed by atoms with Gasteiger partial charge in [0.2, 0.25) is 0 Å². The van der Waals surface area contributed by atoms with Gasteiger partial charge in [-0.15, -0.1) is 6.58 Å². The third-order valence-electron chi connectivity index (χ3n) is 3.17. The smallest absolute Gasteiger partial charge is 0.187 e. The Labute approximate surface area is 166 Å². The lowest BCUT2D eigenvalue weighted by molar-refractivity contribution is 0.282. The Kier molecular flexibility index (Phi) is 8.04. The summed E-state index contributed by atoms with van der Waals surface area (Å²) in [6.45, 7) is 4.60. The number of nitrogens with zero attached hydrogens (tertiary/aromatic N) is 2. The van der Waals surface area contributed by atoms with Crippen molar-refractivity contribution >= 4 is 39.5 Å². The maximum Gasteiger partial charge on any atom is 0.187 e. The summed E-state index contributed by atoms with van der Waals surface area (Å²) < 4.78 is 12.1. The third kappa shape index (κ3) is 6.12. The van der Waals surface area contributed by atoms with Crippen molar-refractivity contribution in [1.82, 2.24) is 15.7 Å². The van der Waals surface area contributed by atoms with Crippen molar-refractivity contribution < 1.29 is 9.47 Å². The van der Waals surface area contributed by atoms with Gasteiger partial charge in [0.05, 0.1) is 17.8 Å². The van der Waals surface area contributed by atoms with Gasteiger partial charge in [0, 0.05) is 18.9 Å². The highest BCUT2D eigenvalue weighted by Crippen LogP contribution is 2.36. The molecule has 2 rings (SSSR count). The summed E-state index contributed by atoms with van der Waals surface area (Å²) in [4.78, 5) is 3.99. The molecule has 0 radical (unpaired) electrons. The van der Waals surface area contributed by atoms with Gasteiger partial charge in [0.25, 0.3) is 0 Å². The zero-order chi connectivity index (χ0) is 18.8. The van der Waals surface area contributed by atoms with E-state index in [-0.39, 0.29) is 0 Å². The van der Waals surface area contributed by atoms with Crippen LogP contribution in [0.25, 0.3) is 0 Å². The first-order chi connectivity index (χ1) is 12.6. The maximum atomic E-state index is 5.89. The van der Waals surface area contributed by atoms with E-state index in [1.165, 1.54) is 0 Å². The van der Waals surface area contributed by atoms with Crippen LogP contribution in [0.5, 0.6) is 11.5 Å². The molecule has 1 heterocycles. The second-order valence-electron chi connectivity index (χ2n) is 5.05. The number of methoxy groups -OCH3 is 1. The average molecular weight is 435 g/mol. The summed E-state index contributed by atoms with van der Waals surface area (Å²) in [7, 11) is 1.59. The van der Waals surface area contributed by atoms with Gasteiger partial charge in [-0.2, -0.15) is 5.10 Å². The minimum atomic E-state index is 0.412. The lowest BCUT2D eigenvalue weighted by Gasteiger charge is -2.13. The van der Waals surface area contributed by atoms with Crippen LogP contribution in [0.3, 0.4) is 0 Å². The van der Waals surface area contributed by atoms with Gasteiger partial charge in [-0.25, -0.2) is 0 Å². The molecular weight excluding hydrogens is 416 g/mol. The van der Waals surface area contributed by atoms with Crippen LogP contribution in [0, 0.1) is 0 Å². The molecule has 0 saturated carbocycles. The highest BCUT2D eigenvalue weighted by molar-refractivity contribution is 9.10. The van der Waals surface area contributed by atoms with Gasteiger partial charge in [-0.05, 0) is 63.5 Å². The quantitative estimate of drug-likeness (QED) is 0.287. The zero-order valence-corrected chi connectivity index (χ0v) is 16.6. The molecule has 0 atom stereocenters. The Morgan fingerprint density at radius 3 is 2.85 bits per heavy atom. The molecular formula is C18H19BrN4O2S. The van der Waals surface area contributed by atoms with E-state index in [1.54, 1.807) is 31.8 Å². The summed E-state index contributed by atoms with van der Waals surface area (Å²) in [5.41, 5.74) is 4.57. The Morgan fingerprint density at radius 2 is 2.15 bits per heavy atom. The summed E-state index contributed by atoms with van der Waals surface area (Å²) >= 11 is 8.59. The number of benzene rings is 1. The first kappa shape index (κ1) is 19.9. The summed E-state index contributed by atoms with van der Waals surface area (Å²) in [5, 5.41) is 7.44. The zero-order valence-electron chi connectivity index (χ0n) is 14.2. The van der Waals surface area contributed by atoms with E-state index in [0.717, 1.165) is 15.6 Å². The number of hydrogen-bond donors (Lipinski definition) is 2. The van der Waals surface area contributed by atoms with Gasteiger partial charge in [-0.1, -0.05) is 6.08 Å². The van der Waals surface area contributed by atoms with Crippen LogP contribution >= 0.6 is 28.1 Å². The fourth-order valence-corrected chi connectivity index (χ4v) is 2.67. The molecule has 0 aliphatic rings. The van der Waals surface area contributed by atoms with Crippen molar-refractivity contribution in [3.63, 3.8) is 0 Å². The van der Waals surface area contributed by atoms with E-state index in [0.29, 0.717) is 29.8 Å². The highest BCUT2D eigenvalue weighted by atomic mass is 79.9. The average Bonchev–Trinajstić information content (AvgIpc) is 2.66. The number of hydrazone groups is 1. The Hall–Kier alpha value is -2.45. The van der Waals surface area contributed by atoms with Crippen LogP contribution in [-0.2, 0) is 6.61 Å². The largest absolute Gasteiger partial charge is 0.493 e. The van der Waals surface area contributed by atoms with Gasteiger partial charge in [0.15, 0.2) is 16.6 Å². The van der Waals surface area contributed by atoms with Crippen molar-refractivity contribution in [2.75, 3.05) is 13.7 Å². The van der Waals surface area contributed by atoms with Crippen LogP contribution in [0.1, 0.15) is 11.1 Å². The molecule has 0 aliphatic heterocycles. The summed E-state index contributed by atoms with van der Waals surface area (Å²) in [6.07, 6.45) is 6.81. The van der Waals surface area contributed by atoms with E-state index in [4.69, 9.17) is 21.7 Å². The summed E-state index contributed by atoms with van der Waals surface area (Å²) in [5.74, 6) is 1.22. The Morgan fingerprint density at radius 1 is 1.38 bits per heavy atom. The molecule has 136 valence electrons. The molecule has 1 aromatic carbocycles. The summed E-state index contributed by atoms with van der Waals surface area (Å²) in [6, 6.07) is 7.51. The molecule has 0 amide bonds. The predicted octanol–water partition coefficient (Wildman–Crippen LogP) is 3.42. The maximum absolute atomic E-state index is 5.89. The fraction of sp³-hybridized carbons (Fsp3) is 0.167. The first-order valence-corrected chi connectivity index (χ1v) is 8.91. The Bertz CT molecular complexity index is 784. The fourth-order valence-electron chi connectivity index (χ4n) is 1.96. The molecule has 0 aliphatic carbocycles. The molecule has 0 fully saturated rings.